The Morgan fingerprint density at radius 2 is 1.71 bits per heavy atom. The van der Waals surface area contributed by atoms with Crippen LogP contribution in [0.3, 0.4) is 0 Å². The molecule has 0 spiro atoms. The molecule has 0 N–H and O–H groups in total. The van der Waals surface area contributed by atoms with Crippen LogP contribution < -0.4 is 4.74 Å². The van der Waals surface area contributed by atoms with E-state index in [1.54, 1.807) is 0 Å². The largest absolute Gasteiger partial charge is 0.487 e. The number of nitrogens with zero attached hydrogens (tertiary/aromatic N) is 1. The number of benzene rings is 2. The summed E-state index contributed by atoms with van der Waals surface area (Å²) >= 11 is 0. The predicted molar refractivity (Wildman–Crippen MR) is 86.2 cm³/mol. The molecule has 0 unspecified atom stereocenters. The van der Waals surface area contributed by atoms with Gasteiger partial charge in [-0.05, 0) is 36.6 Å². The van der Waals surface area contributed by atoms with Gasteiger partial charge < -0.3 is 4.74 Å². The van der Waals surface area contributed by atoms with Crippen molar-refractivity contribution in [2.45, 2.75) is 19.4 Å². The third-order valence-electron chi connectivity index (χ3n) is 3.45. The molecule has 3 rings (SSSR count). The van der Waals surface area contributed by atoms with Gasteiger partial charge in [-0.2, -0.15) is 0 Å². The van der Waals surface area contributed by atoms with Crippen LogP contribution in [-0.2, 0) is 13.0 Å². The average molecular weight is 276 g/mol. The van der Waals surface area contributed by atoms with Crippen LogP contribution in [0, 0.1) is 6.92 Å². The SMILES string of the molecule is [CH2]CCc1ccccc1OCc1ccc2ccccc2n1. The zero-order valence-corrected chi connectivity index (χ0v) is 12.0. The number of rotatable bonds is 5. The Labute approximate surface area is 125 Å². The highest BCUT2D eigenvalue weighted by Crippen LogP contribution is 2.21. The van der Waals surface area contributed by atoms with E-state index in [0.717, 1.165) is 35.2 Å². The highest BCUT2D eigenvalue weighted by atomic mass is 16.5. The molecule has 0 aliphatic rings. The first-order valence-electron chi connectivity index (χ1n) is 7.21. The molecule has 0 aliphatic carbocycles. The molecule has 21 heavy (non-hydrogen) atoms. The Hall–Kier alpha value is -2.35. The van der Waals surface area contributed by atoms with Crippen molar-refractivity contribution < 1.29 is 4.74 Å². The van der Waals surface area contributed by atoms with Crippen LogP contribution in [0.15, 0.2) is 60.7 Å². The fourth-order valence-electron chi connectivity index (χ4n) is 2.38. The van der Waals surface area contributed by atoms with Crippen molar-refractivity contribution in [2.75, 3.05) is 0 Å². The molecule has 0 atom stereocenters. The maximum atomic E-state index is 5.93. The van der Waals surface area contributed by atoms with Gasteiger partial charge in [0.1, 0.15) is 12.4 Å². The third kappa shape index (κ3) is 3.22. The lowest BCUT2D eigenvalue weighted by Gasteiger charge is -2.11. The average Bonchev–Trinajstić information content (AvgIpc) is 2.54. The van der Waals surface area contributed by atoms with Gasteiger partial charge in [0.2, 0.25) is 0 Å². The van der Waals surface area contributed by atoms with Crippen molar-refractivity contribution >= 4 is 10.9 Å². The fraction of sp³-hybridized carbons (Fsp3) is 0.158. The smallest absolute Gasteiger partial charge is 0.130 e. The Balaban J connectivity index is 1.77. The molecular weight excluding hydrogens is 258 g/mol. The van der Waals surface area contributed by atoms with E-state index in [1.165, 1.54) is 5.56 Å². The van der Waals surface area contributed by atoms with Crippen molar-refractivity contribution in [2.24, 2.45) is 0 Å². The minimum absolute atomic E-state index is 0.485. The zero-order valence-electron chi connectivity index (χ0n) is 12.0. The number of fused-ring (bicyclic) bond motifs is 1. The number of ether oxygens (including phenoxy) is 1. The van der Waals surface area contributed by atoms with Gasteiger partial charge in [0.05, 0.1) is 11.2 Å². The number of hydrogen-bond donors (Lipinski definition) is 0. The van der Waals surface area contributed by atoms with Gasteiger partial charge in [-0.3, -0.25) is 0 Å². The molecule has 1 heterocycles. The summed E-state index contributed by atoms with van der Waals surface area (Å²) in [4.78, 5) is 4.63. The Bertz CT molecular complexity index is 736. The van der Waals surface area contributed by atoms with Crippen LogP contribution >= 0.6 is 0 Å². The zero-order chi connectivity index (χ0) is 14.5. The maximum Gasteiger partial charge on any atom is 0.130 e. The number of hydrogen-bond acceptors (Lipinski definition) is 2. The molecule has 2 heteroatoms. The summed E-state index contributed by atoms with van der Waals surface area (Å²) < 4.78 is 5.93. The number of pyridine rings is 1. The van der Waals surface area contributed by atoms with Gasteiger partial charge in [-0.1, -0.05) is 49.4 Å². The molecular formula is C19H18NO. The standard InChI is InChI=1S/C19H18NO/c1-2-7-16-9-4-6-11-19(16)21-14-17-13-12-15-8-3-5-10-18(15)20-17/h3-6,8-13H,1-2,7,14H2. The van der Waals surface area contributed by atoms with Gasteiger partial charge in [0.15, 0.2) is 0 Å². The predicted octanol–water partition coefficient (Wildman–Crippen LogP) is 4.58. The Morgan fingerprint density at radius 1 is 0.905 bits per heavy atom. The quantitative estimate of drug-likeness (QED) is 0.680. The summed E-state index contributed by atoms with van der Waals surface area (Å²) in [7, 11) is 0. The summed E-state index contributed by atoms with van der Waals surface area (Å²) in [5.74, 6) is 0.927. The molecule has 1 aromatic heterocycles. The van der Waals surface area contributed by atoms with E-state index >= 15 is 0 Å². The van der Waals surface area contributed by atoms with E-state index in [4.69, 9.17) is 4.74 Å². The van der Waals surface area contributed by atoms with Crippen LogP contribution in [0.1, 0.15) is 17.7 Å². The topological polar surface area (TPSA) is 22.1 Å². The van der Waals surface area contributed by atoms with E-state index in [0.29, 0.717) is 6.61 Å². The summed E-state index contributed by atoms with van der Waals surface area (Å²) in [5, 5.41) is 1.15. The second kappa shape index (κ2) is 6.40. The van der Waals surface area contributed by atoms with E-state index < -0.39 is 0 Å². The highest BCUT2D eigenvalue weighted by molar-refractivity contribution is 5.78. The Morgan fingerprint density at radius 3 is 2.62 bits per heavy atom. The lowest BCUT2D eigenvalue weighted by Crippen LogP contribution is -2.00. The lowest BCUT2D eigenvalue weighted by molar-refractivity contribution is 0.298. The first kappa shape index (κ1) is 13.6. The normalized spacial score (nSPS) is 10.7. The summed E-state index contributed by atoms with van der Waals surface area (Å²) in [5.41, 5.74) is 3.15. The highest BCUT2D eigenvalue weighted by Gasteiger charge is 2.04. The molecule has 0 saturated carbocycles. The number of para-hydroxylation sites is 2. The first-order valence-corrected chi connectivity index (χ1v) is 7.21. The monoisotopic (exact) mass is 276 g/mol. The molecule has 0 amide bonds. The van der Waals surface area contributed by atoms with Gasteiger partial charge in [-0.15, -0.1) is 0 Å². The number of aromatic nitrogens is 1. The molecule has 0 fully saturated rings. The van der Waals surface area contributed by atoms with Crippen LogP contribution in [0.2, 0.25) is 0 Å². The van der Waals surface area contributed by atoms with Crippen LogP contribution in [0.5, 0.6) is 5.75 Å². The lowest BCUT2D eigenvalue weighted by atomic mass is 10.1. The molecule has 0 aliphatic heterocycles. The first-order chi connectivity index (χ1) is 10.4. The molecule has 105 valence electrons. The Kier molecular flexibility index (Phi) is 4.15. The number of aryl methyl sites for hydroxylation is 1. The van der Waals surface area contributed by atoms with Crippen LogP contribution in [0.25, 0.3) is 10.9 Å². The summed E-state index contributed by atoms with van der Waals surface area (Å²) in [6.07, 6.45) is 1.80. The van der Waals surface area contributed by atoms with Crippen molar-refractivity contribution in [3.8, 4) is 5.75 Å². The minimum Gasteiger partial charge on any atom is -0.487 e. The van der Waals surface area contributed by atoms with Crippen molar-refractivity contribution in [1.29, 1.82) is 0 Å². The van der Waals surface area contributed by atoms with Gasteiger partial charge in [-0.25, -0.2) is 4.98 Å². The van der Waals surface area contributed by atoms with Crippen LogP contribution in [0.4, 0.5) is 0 Å². The summed E-state index contributed by atoms with van der Waals surface area (Å²) in [6, 6.07) is 20.3. The second-order valence-electron chi connectivity index (χ2n) is 5.00. The van der Waals surface area contributed by atoms with Crippen molar-refractivity contribution in [1.82, 2.24) is 4.98 Å². The molecule has 0 saturated heterocycles. The van der Waals surface area contributed by atoms with Gasteiger partial charge >= 0.3 is 0 Å². The molecule has 3 aromatic rings. The third-order valence-corrected chi connectivity index (χ3v) is 3.45. The van der Waals surface area contributed by atoms with Crippen molar-refractivity contribution in [3.63, 3.8) is 0 Å². The molecule has 2 nitrogen and oxygen atoms in total. The van der Waals surface area contributed by atoms with Crippen molar-refractivity contribution in [3.05, 3.63) is 78.8 Å². The van der Waals surface area contributed by atoms with E-state index in [-0.39, 0.29) is 0 Å². The fourth-order valence-corrected chi connectivity index (χ4v) is 2.38. The maximum absolute atomic E-state index is 5.93. The minimum atomic E-state index is 0.485. The van der Waals surface area contributed by atoms with Gasteiger partial charge in [0.25, 0.3) is 0 Å². The van der Waals surface area contributed by atoms with Crippen LogP contribution in [-0.4, -0.2) is 4.98 Å². The molecule has 2 aromatic carbocycles. The van der Waals surface area contributed by atoms with E-state index in [9.17, 15) is 0 Å². The van der Waals surface area contributed by atoms with Gasteiger partial charge in [0, 0.05) is 5.39 Å². The van der Waals surface area contributed by atoms with E-state index in [1.807, 2.05) is 42.5 Å². The second-order valence-corrected chi connectivity index (χ2v) is 5.00. The molecule has 0 bridgehead atoms. The molecule has 1 radical (unpaired) electrons. The summed E-state index contributed by atoms with van der Waals surface area (Å²) in [6.45, 7) is 4.39. The van der Waals surface area contributed by atoms with E-state index in [2.05, 4.69) is 30.1 Å².